The lowest BCUT2D eigenvalue weighted by Gasteiger charge is -2.15. The van der Waals surface area contributed by atoms with Gasteiger partial charge in [0, 0.05) is 24.2 Å². The van der Waals surface area contributed by atoms with Crippen LogP contribution in [0.3, 0.4) is 0 Å². The number of nitrogens with one attached hydrogen (secondary N) is 1. The Morgan fingerprint density at radius 1 is 1.21 bits per heavy atom. The summed E-state index contributed by atoms with van der Waals surface area (Å²) in [5.74, 6) is -1.27. The lowest BCUT2D eigenvalue weighted by molar-refractivity contribution is -0.0494. The van der Waals surface area contributed by atoms with Crippen LogP contribution >= 0.6 is 0 Å². The van der Waals surface area contributed by atoms with Gasteiger partial charge in [0.1, 0.15) is 11.4 Å². The zero-order chi connectivity index (χ0) is 19.7. The molecule has 0 amide bonds. The Morgan fingerprint density at radius 3 is 2.75 bits per heavy atom. The monoisotopic (exact) mass is 389 g/mol. The molecule has 28 heavy (non-hydrogen) atoms. The number of ether oxygens (including phenoxy) is 2. The minimum Gasteiger partial charge on any atom is -0.478 e. The van der Waals surface area contributed by atoms with E-state index >= 15 is 0 Å². The van der Waals surface area contributed by atoms with E-state index in [2.05, 4.69) is 10.2 Å². The zero-order valence-corrected chi connectivity index (χ0v) is 14.7. The summed E-state index contributed by atoms with van der Waals surface area (Å²) in [5, 5.41) is 9.47. The summed E-state index contributed by atoms with van der Waals surface area (Å²) in [4.78, 5) is 17.3. The number of halogens is 2. The van der Waals surface area contributed by atoms with Gasteiger partial charge in [0.05, 0.1) is 17.9 Å². The molecule has 2 aromatic rings. The molecule has 0 saturated carbocycles. The number of carboxylic acid groups (broad SMARTS) is 1. The minimum atomic E-state index is -3.03. The Labute approximate surface area is 159 Å². The normalized spacial score (nSPS) is 21.0. The Balaban J connectivity index is 1.80. The van der Waals surface area contributed by atoms with E-state index < -0.39 is 18.2 Å². The Morgan fingerprint density at radius 2 is 2.04 bits per heavy atom. The fourth-order valence-corrected chi connectivity index (χ4v) is 3.39. The SMILES string of the molecule is O=C(O)c1ccccc1-c1cc(C2=CC3(CCOC3)ON2)ccc1OC(F)F. The first kappa shape index (κ1) is 18.4. The number of hydrogen-bond acceptors (Lipinski definition) is 5. The van der Waals surface area contributed by atoms with Crippen LogP contribution in [0, 0.1) is 0 Å². The summed E-state index contributed by atoms with van der Waals surface area (Å²) in [5.41, 5.74) is 4.14. The van der Waals surface area contributed by atoms with Gasteiger partial charge in [-0.3, -0.25) is 10.3 Å². The summed E-state index contributed by atoms with van der Waals surface area (Å²) in [6.45, 7) is -2.03. The van der Waals surface area contributed by atoms with Crippen molar-refractivity contribution in [2.75, 3.05) is 13.2 Å². The van der Waals surface area contributed by atoms with Gasteiger partial charge in [-0.15, -0.1) is 0 Å². The molecular weight excluding hydrogens is 372 g/mol. The molecule has 1 fully saturated rings. The van der Waals surface area contributed by atoms with E-state index in [-0.39, 0.29) is 22.4 Å². The van der Waals surface area contributed by atoms with Gasteiger partial charge in [-0.1, -0.05) is 18.2 Å². The van der Waals surface area contributed by atoms with Gasteiger partial charge in [-0.05, 0) is 35.9 Å². The molecule has 2 heterocycles. The van der Waals surface area contributed by atoms with Gasteiger partial charge >= 0.3 is 12.6 Å². The van der Waals surface area contributed by atoms with Crippen molar-refractivity contribution in [2.45, 2.75) is 18.6 Å². The number of benzene rings is 2. The maximum absolute atomic E-state index is 12.9. The molecule has 2 aliphatic heterocycles. The number of hydrogen-bond donors (Lipinski definition) is 2. The van der Waals surface area contributed by atoms with Crippen LogP contribution in [0.5, 0.6) is 5.75 Å². The van der Waals surface area contributed by atoms with Crippen molar-refractivity contribution in [2.24, 2.45) is 0 Å². The lowest BCUT2D eigenvalue weighted by atomic mass is 9.95. The van der Waals surface area contributed by atoms with Crippen LogP contribution in [0.15, 0.2) is 48.5 Å². The lowest BCUT2D eigenvalue weighted by Crippen LogP contribution is -2.29. The third-order valence-electron chi connectivity index (χ3n) is 4.74. The second kappa shape index (κ2) is 7.21. The molecule has 4 rings (SSSR count). The van der Waals surface area contributed by atoms with Crippen molar-refractivity contribution in [1.29, 1.82) is 0 Å². The number of alkyl halides is 2. The van der Waals surface area contributed by atoms with Crippen LogP contribution in [0.25, 0.3) is 16.8 Å². The summed E-state index contributed by atoms with van der Waals surface area (Å²) in [6.07, 6.45) is 2.60. The number of aromatic carboxylic acids is 1. The first-order chi connectivity index (χ1) is 13.5. The van der Waals surface area contributed by atoms with Crippen LogP contribution in [0.4, 0.5) is 8.78 Å². The topological polar surface area (TPSA) is 77.0 Å². The van der Waals surface area contributed by atoms with Crippen LogP contribution in [0.2, 0.25) is 0 Å². The molecule has 1 unspecified atom stereocenters. The van der Waals surface area contributed by atoms with Crippen molar-refractivity contribution < 1.29 is 33.0 Å². The standard InChI is InChI=1S/C20H17F2NO5/c21-19(22)27-17-6-5-12(16-10-20(28-23-16)7-8-26-11-20)9-15(17)13-3-1-2-4-14(13)18(24)25/h1-6,9-10,19,23H,7-8,11H2,(H,24,25). The second-order valence-electron chi connectivity index (χ2n) is 6.57. The molecule has 1 saturated heterocycles. The zero-order valence-electron chi connectivity index (χ0n) is 14.7. The van der Waals surface area contributed by atoms with E-state index in [1.165, 1.54) is 12.1 Å². The van der Waals surface area contributed by atoms with Crippen LogP contribution < -0.4 is 10.2 Å². The van der Waals surface area contributed by atoms with Crippen molar-refractivity contribution in [3.05, 3.63) is 59.7 Å². The summed E-state index contributed by atoms with van der Waals surface area (Å²) in [6, 6.07) is 10.8. The second-order valence-corrected chi connectivity index (χ2v) is 6.57. The number of rotatable bonds is 5. The Hall–Kier alpha value is -2.97. The molecule has 0 bridgehead atoms. The average Bonchev–Trinajstić information content (AvgIpc) is 3.32. The molecule has 146 valence electrons. The molecule has 2 N–H and O–H groups in total. The average molecular weight is 389 g/mol. The first-order valence-corrected chi connectivity index (χ1v) is 8.64. The highest BCUT2D eigenvalue weighted by atomic mass is 19.3. The number of carboxylic acids is 1. The predicted octanol–water partition coefficient (Wildman–Crippen LogP) is 3.69. The quantitative estimate of drug-likeness (QED) is 0.812. The van der Waals surface area contributed by atoms with Crippen molar-refractivity contribution in [3.8, 4) is 16.9 Å². The van der Waals surface area contributed by atoms with E-state index in [0.717, 1.165) is 0 Å². The maximum atomic E-state index is 12.9. The van der Waals surface area contributed by atoms with Crippen molar-refractivity contribution >= 4 is 11.7 Å². The molecule has 1 atom stereocenters. The highest BCUT2D eigenvalue weighted by Crippen LogP contribution is 2.38. The molecule has 1 spiro atoms. The van der Waals surface area contributed by atoms with E-state index in [0.29, 0.717) is 30.9 Å². The third kappa shape index (κ3) is 3.44. The van der Waals surface area contributed by atoms with E-state index in [9.17, 15) is 18.7 Å². The molecule has 2 aromatic carbocycles. The van der Waals surface area contributed by atoms with Gasteiger partial charge in [-0.2, -0.15) is 8.78 Å². The van der Waals surface area contributed by atoms with Gasteiger partial charge in [0.15, 0.2) is 0 Å². The first-order valence-electron chi connectivity index (χ1n) is 8.64. The molecule has 0 aliphatic carbocycles. The van der Waals surface area contributed by atoms with Crippen LogP contribution in [0.1, 0.15) is 22.3 Å². The Bertz CT molecular complexity index is 938. The van der Waals surface area contributed by atoms with Gasteiger partial charge in [0.25, 0.3) is 0 Å². The largest absolute Gasteiger partial charge is 0.478 e. The predicted molar refractivity (Wildman–Crippen MR) is 95.8 cm³/mol. The highest BCUT2D eigenvalue weighted by Gasteiger charge is 2.39. The van der Waals surface area contributed by atoms with E-state index in [1.54, 1.807) is 30.3 Å². The maximum Gasteiger partial charge on any atom is 0.387 e. The van der Waals surface area contributed by atoms with Crippen molar-refractivity contribution in [1.82, 2.24) is 5.48 Å². The molecular formula is C20H17F2NO5. The molecule has 8 heteroatoms. The van der Waals surface area contributed by atoms with Crippen molar-refractivity contribution in [3.63, 3.8) is 0 Å². The molecule has 0 aromatic heterocycles. The van der Waals surface area contributed by atoms with E-state index in [4.69, 9.17) is 9.57 Å². The molecule has 6 nitrogen and oxygen atoms in total. The molecule has 2 aliphatic rings. The highest BCUT2D eigenvalue weighted by molar-refractivity contribution is 5.97. The van der Waals surface area contributed by atoms with E-state index in [1.807, 2.05) is 6.08 Å². The van der Waals surface area contributed by atoms with Gasteiger partial charge < -0.3 is 14.6 Å². The van der Waals surface area contributed by atoms with Crippen LogP contribution in [-0.2, 0) is 9.57 Å². The van der Waals surface area contributed by atoms with Gasteiger partial charge in [-0.25, -0.2) is 4.79 Å². The van der Waals surface area contributed by atoms with Crippen LogP contribution in [-0.4, -0.2) is 36.5 Å². The Kier molecular flexibility index (Phi) is 4.74. The minimum absolute atomic E-state index is 0.0101. The summed E-state index contributed by atoms with van der Waals surface area (Å²) < 4.78 is 35.8. The third-order valence-corrected chi connectivity index (χ3v) is 4.74. The number of carbonyl (C=O) groups is 1. The van der Waals surface area contributed by atoms with Gasteiger partial charge in [0.2, 0.25) is 0 Å². The smallest absolute Gasteiger partial charge is 0.387 e. The fourth-order valence-electron chi connectivity index (χ4n) is 3.39. The molecule has 0 radical (unpaired) electrons. The summed E-state index contributed by atoms with van der Waals surface area (Å²) >= 11 is 0. The summed E-state index contributed by atoms with van der Waals surface area (Å²) in [7, 11) is 0. The fraction of sp³-hybridized carbons (Fsp3) is 0.250. The number of hydroxylamine groups is 1.